The van der Waals surface area contributed by atoms with Gasteiger partial charge in [-0.1, -0.05) is 19.9 Å². The second kappa shape index (κ2) is 7.49. The first-order chi connectivity index (χ1) is 13.6. The van der Waals surface area contributed by atoms with E-state index >= 15 is 0 Å². The molecule has 0 amide bonds. The predicted molar refractivity (Wildman–Crippen MR) is 109 cm³/mol. The quantitative estimate of drug-likeness (QED) is 0.498. The van der Waals surface area contributed by atoms with E-state index in [9.17, 15) is 0 Å². The van der Waals surface area contributed by atoms with Crippen molar-refractivity contribution in [1.82, 2.24) is 30.0 Å². The molecule has 0 saturated heterocycles. The van der Waals surface area contributed by atoms with Gasteiger partial charge in [0.15, 0.2) is 5.82 Å². The summed E-state index contributed by atoms with van der Waals surface area (Å²) in [5, 5.41) is 0. The van der Waals surface area contributed by atoms with Crippen molar-refractivity contribution in [3.8, 4) is 11.1 Å². The summed E-state index contributed by atoms with van der Waals surface area (Å²) in [4.78, 5) is 23.2. The molecule has 4 rings (SSSR count). The van der Waals surface area contributed by atoms with Crippen LogP contribution in [0, 0.1) is 5.92 Å². The fourth-order valence-electron chi connectivity index (χ4n) is 3.35. The normalized spacial score (nSPS) is 11.7. The lowest BCUT2D eigenvalue weighted by Gasteiger charge is -2.13. The molecule has 0 aliphatic rings. The molecule has 28 heavy (non-hydrogen) atoms. The van der Waals surface area contributed by atoms with Gasteiger partial charge in [0.25, 0.3) is 0 Å². The maximum Gasteiger partial charge on any atom is 0.152 e. The Morgan fingerprint density at radius 1 is 1.18 bits per heavy atom. The molecule has 0 aromatic carbocycles. The molecule has 144 valence electrons. The number of aromatic nitrogens is 5. The van der Waals surface area contributed by atoms with Crippen LogP contribution < -0.4 is 11.2 Å². The minimum absolute atomic E-state index is 0.397. The Balaban J connectivity index is 1.95. The Morgan fingerprint density at radius 3 is 2.75 bits per heavy atom. The molecule has 4 aromatic rings. The summed E-state index contributed by atoms with van der Waals surface area (Å²) in [5.41, 5.74) is 14.2. The number of nitrogens with two attached hydrogens (primary N) is 1. The van der Waals surface area contributed by atoms with Gasteiger partial charge in [-0.2, -0.15) is 5.48 Å². The van der Waals surface area contributed by atoms with Crippen molar-refractivity contribution < 1.29 is 4.84 Å². The summed E-state index contributed by atoms with van der Waals surface area (Å²) in [5.74, 6) is 1.66. The number of nitrogen functional groups attached to an aromatic ring is 1. The number of nitrogens with zero attached hydrogens (tertiary/aromatic N) is 5. The number of anilines is 1. The molecule has 0 radical (unpaired) electrons. The molecule has 0 fully saturated rings. The van der Waals surface area contributed by atoms with E-state index in [1.165, 1.54) is 0 Å². The number of hydroxylamine groups is 1. The summed E-state index contributed by atoms with van der Waals surface area (Å²) in [7, 11) is 1.59. The van der Waals surface area contributed by atoms with Crippen LogP contribution in [-0.2, 0) is 17.9 Å². The summed E-state index contributed by atoms with van der Waals surface area (Å²) in [6.07, 6.45) is 5.40. The van der Waals surface area contributed by atoms with Crippen molar-refractivity contribution in [2.24, 2.45) is 5.92 Å². The van der Waals surface area contributed by atoms with Crippen molar-refractivity contribution in [1.29, 1.82) is 0 Å². The van der Waals surface area contributed by atoms with Crippen LogP contribution in [0.4, 0.5) is 5.82 Å². The van der Waals surface area contributed by atoms with E-state index in [1.807, 2.05) is 30.6 Å². The first-order valence-electron chi connectivity index (χ1n) is 9.19. The van der Waals surface area contributed by atoms with E-state index < -0.39 is 0 Å². The summed E-state index contributed by atoms with van der Waals surface area (Å²) >= 11 is 0. The summed E-state index contributed by atoms with van der Waals surface area (Å²) in [6, 6.07) is 5.89. The van der Waals surface area contributed by atoms with Crippen LogP contribution >= 0.6 is 0 Å². The molecule has 0 spiro atoms. The lowest BCUT2D eigenvalue weighted by atomic mass is 10.1. The Hall–Kier alpha value is -3.10. The van der Waals surface area contributed by atoms with Gasteiger partial charge in [0, 0.05) is 36.3 Å². The second-order valence-electron chi connectivity index (χ2n) is 7.09. The minimum atomic E-state index is 0.397. The first kappa shape index (κ1) is 18.3. The van der Waals surface area contributed by atoms with Gasteiger partial charge in [0.05, 0.1) is 19.2 Å². The third-order valence-electron chi connectivity index (χ3n) is 4.54. The third kappa shape index (κ3) is 3.28. The van der Waals surface area contributed by atoms with Crippen molar-refractivity contribution in [2.45, 2.75) is 26.9 Å². The van der Waals surface area contributed by atoms with Crippen LogP contribution in [0.5, 0.6) is 0 Å². The molecule has 4 aromatic heterocycles. The molecular weight excluding hydrogens is 354 g/mol. The van der Waals surface area contributed by atoms with Gasteiger partial charge in [0.1, 0.15) is 22.4 Å². The van der Waals surface area contributed by atoms with Gasteiger partial charge in [-0.3, -0.25) is 9.97 Å². The number of nitrogens with one attached hydrogen (secondary N) is 1. The second-order valence-corrected chi connectivity index (χ2v) is 7.09. The topological polar surface area (TPSA) is 104 Å². The Labute approximate surface area is 162 Å². The van der Waals surface area contributed by atoms with E-state index in [0.717, 1.165) is 40.0 Å². The fourth-order valence-corrected chi connectivity index (χ4v) is 3.35. The number of hydrogen-bond donors (Lipinski definition) is 2. The van der Waals surface area contributed by atoms with E-state index in [1.54, 1.807) is 13.3 Å². The van der Waals surface area contributed by atoms with Crippen LogP contribution in [0.3, 0.4) is 0 Å². The van der Waals surface area contributed by atoms with Crippen LogP contribution in [0.25, 0.3) is 33.2 Å². The molecule has 0 aliphatic heterocycles. The average Bonchev–Trinajstić information content (AvgIpc) is 3.05. The number of imidazole rings is 1. The van der Waals surface area contributed by atoms with Gasteiger partial charge in [0.2, 0.25) is 0 Å². The van der Waals surface area contributed by atoms with Gasteiger partial charge in [-0.05, 0) is 18.1 Å². The molecule has 4 heterocycles. The number of hydrogen-bond acceptors (Lipinski definition) is 7. The Morgan fingerprint density at radius 2 is 2.04 bits per heavy atom. The number of fused-ring (bicyclic) bond motifs is 3. The monoisotopic (exact) mass is 377 g/mol. The van der Waals surface area contributed by atoms with Crippen molar-refractivity contribution in [3.05, 3.63) is 42.6 Å². The highest BCUT2D eigenvalue weighted by molar-refractivity contribution is 6.05. The number of rotatable bonds is 6. The minimum Gasteiger partial charge on any atom is -0.382 e. The van der Waals surface area contributed by atoms with E-state index in [2.05, 4.69) is 33.9 Å². The summed E-state index contributed by atoms with van der Waals surface area (Å²) in [6.45, 7) is 5.59. The van der Waals surface area contributed by atoms with Crippen molar-refractivity contribution in [2.75, 3.05) is 12.8 Å². The van der Waals surface area contributed by atoms with E-state index in [0.29, 0.717) is 23.8 Å². The standard InChI is InChI=1S/C20H23N7O/c1-12(2)11-27-16(10-24-28-3)26-18-19(27)17-15(25-20(18)21)7-14(9-23-17)13-5-4-6-22-8-13/h4-9,12,24H,10-11H2,1-3H3,(H2,21,25). The maximum absolute atomic E-state index is 6.27. The molecule has 3 N–H and O–H groups in total. The average molecular weight is 377 g/mol. The largest absolute Gasteiger partial charge is 0.382 e. The lowest BCUT2D eigenvalue weighted by Crippen LogP contribution is -2.17. The van der Waals surface area contributed by atoms with Crippen molar-refractivity contribution in [3.63, 3.8) is 0 Å². The Bertz CT molecular complexity index is 1120. The predicted octanol–water partition coefficient (Wildman–Crippen LogP) is 2.93. The molecule has 8 heteroatoms. The zero-order valence-electron chi connectivity index (χ0n) is 16.2. The zero-order chi connectivity index (χ0) is 19.7. The smallest absolute Gasteiger partial charge is 0.152 e. The molecule has 0 aliphatic carbocycles. The highest BCUT2D eigenvalue weighted by atomic mass is 16.6. The molecule has 8 nitrogen and oxygen atoms in total. The molecule has 0 saturated carbocycles. The Kier molecular flexibility index (Phi) is 4.89. The van der Waals surface area contributed by atoms with Gasteiger partial charge in [-0.15, -0.1) is 0 Å². The summed E-state index contributed by atoms with van der Waals surface area (Å²) < 4.78 is 2.16. The van der Waals surface area contributed by atoms with E-state index in [4.69, 9.17) is 20.5 Å². The van der Waals surface area contributed by atoms with Gasteiger partial charge >= 0.3 is 0 Å². The van der Waals surface area contributed by atoms with Gasteiger partial charge < -0.3 is 15.1 Å². The fraction of sp³-hybridized carbons (Fsp3) is 0.300. The SMILES string of the molecule is CONCc1nc2c(N)nc3cc(-c4cccnc4)cnc3c2n1CC(C)C. The first-order valence-corrected chi connectivity index (χ1v) is 9.19. The number of pyridine rings is 3. The van der Waals surface area contributed by atoms with Crippen LogP contribution in [-0.4, -0.2) is 31.6 Å². The molecule has 0 bridgehead atoms. The van der Waals surface area contributed by atoms with Crippen LogP contribution in [0.2, 0.25) is 0 Å². The lowest BCUT2D eigenvalue weighted by molar-refractivity contribution is 0.0840. The zero-order valence-corrected chi connectivity index (χ0v) is 16.2. The van der Waals surface area contributed by atoms with Crippen LogP contribution in [0.1, 0.15) is 19.7 Å². The van der Waals surface area contributed by atoms with Gasteiger partial charge in [-0.25, -0.2) is 9.97 Å². The molecular formula is C20H23N7O. The third-order valence-corrected chi connectivity index (χ3v) is 4.54. The molecule has 0 atom stereocenters. The van der Waals surface area contributed by atoms with Crippen LogP contribution in [0.15, 0.2) is 36.8 Å². The molecule has 0 unspecified atom stereocenters. The van der Waals surface area contributed by atoms with E-state index in [-0.39, 0.29) is 0 Å². The highest BCUT2D eigenvalue weighted by Gasteiger charge is 2.19. The maximum atomic E-state index is 6.27. The highest BCUT2D eigenvalue weighted by Crippen LogP contribution is 2.30. The van der Waals surface area contributed by atoms with Crippen molar-refractivity contribution >= 4 is 27.9 Å².